The van der Waals surface area contributed by atoms with Crippen LogP contribution in [0.1, 0.15) is 23.7 Å². The molecule has 0 saturated heterocycles. The molecule has 0 aliphatic heterocycles. The van der Waals surface area contributed by atoms with Crippen molar-refractivity contribution in [3.8, 4) is 0 Å². The van der Waals surface area contributed by atoms with Crippen LogP contribution in [0, 0.1) is 0 Å². The minimum Gasteiger partial charge on any atom is -0.456 e. The number of aromatic nitrogens is 3. The molecule has 0 aliphatic rings. The molecule has 180 valence electrons. The lowest BCUT2D eigenvalue weighted by molar-refractivity contribution is -0.143. The van der Waals surface area contributed by atoms with E-state index >= 15 is 0 Å². The quantitative estimate of drug-likeness (QED) is 0.242. The molecule has 0 amide bonds. The average Bonchev–Trinajstić information content (AvgIpc) is 2.86. The van der Waals surface area contributed by atoms with Crippen molar-refractivity contribution in [1.29, 1.82) is 0 Å². The van der Waals surface area contributed by atoms with E-state index in [0.29, 0.717) is 28.2 Å². The molecule has 35 heavy (non-hydrogen) atoms. The number of Topliss-reactive ketones (excluding diaryl/α,β-unsaturated/α-hetero) is 1. The molecule has 2 aromatic carbocycles. The lowest BCUT2D eigenvalue weighted by Gasteiger charge is -2.15. The number of fused-ring (bicyclic) bond motifs is 2. The highest BCUT2D eigenvalue weighted by atomic mass is 16.5. The first kappa shape index (κ1) is 23.7. The van der Waals surface area contributed by atoms with E-state index in [1.54, 1.807) is 53.1 Å². The zero-order chi connectivity index (χ0) is 25.3. The first-order chi connectivity index (χ1) is 16.8. The van der Waals surface area contributed by atoms with E-state index in [1.165, 1.54) is 7.05 Å². The maximum Gasteiger partial charge on any atom is 0.332 e. The summed E-state index contributed by atoms with van der Waals surface area (Å²) in [5.74, 6) is -1.80. The van der Waals surface area contributed by atoms with Gasteiger partial charge in [-0.3, -0.25) is 28.3 Å². The Morgan fingerprint density at radius 3 is 2.06 bits per heavy atom. The minimum atomic E-state index is -0.849. The van der Waals surface area contributed by atoms with Gasteiger partial charge in [0.05, 0.1) is 11.0 Å². The van der Waals surface area contributed by atoms with Crippen molar-refractivity contribution in [2.45, 2.75) is 26.4 Å². The number of ketones is 1. The first-order valence-electron chi connectivity index (χ1n) is 11.0. The summed E-state index contributed by atoms with van der Waals surface area (Å²) in [6.45, 7) is 1.06. The van der Waals surface area contributed by atoms with Crippen LogP contribution in [0.2, 0.25) is 0 Å². The van der Waals surface area contributed by atoms with Gasteiger partial charge in [-0.1, -0.05) is 31.2 Å². The van der Waals surface area contributed by atoms with Gasteiger partial charge in [-0.25, -0.2) is 4.79 Å². The predicted octanol–water partition coefficient (Wildman–Crippen LogP) is 1.43. The number of esters is 1. The highest BCUT2D eigenvalue weighted by Gasteiger charge is 2.23. The van der Waals surface area contributed by atoms with Gasteiger partial charge in [-0.05, 0) is 30.7 Å². The van der Waals surface area contributed by atoms with Crippen molar-refractivity contribution in [3.63, 3.8) is 0 Å². The Morgan fingerprint density at radius 1 is 0.914 bits per heavy atom. The molecule has 4 rings (SSSR count). The fraction of sp³-hybridized carbons (Fsp3) is 0.240. The van der Waals surface area contributed by atoms with Crippen LogP contribution in [0.5, 0.6) is 0 Å². The number of para-hydroxylation sites is 2. The fourth-order valence-corrected chi connectivity index (χ4v) is 4.13. The number of carbonyl (C=O) groups is 2. The summed E-state index contributed by atoms with van der Waals surface area (Å²) in [6.07, 6.45) is 0.562. The smallest absolute Gasteiger partial charge is 0.332 e. The Hall–Kier alpha value is -4.47. The van der Waals surface area contributed by atoms with Gasteiger partial charge in [0.25, 0.3) is 5.56 Å². The third-order valence-electron chi connectivity index (χ3n) is 5.84. The maximum atomic E-state index is 12.8. The summed E-state index contributed by atoms with van der Waals surface area (Å²) in [5, 5.41) is 0.897. The molecule has 10 heteroatoms. The monoisotopic (exact) mass is 476 g/mol. The van der Waals surface area contributed by atoms with Crippen LogP contribution in [0.25, 0.3) is 21.8 Å². The third-order valence-corrected chi connectivity index (χ3v) is 5.84. The van der Waals surface area contributed by atoms with Gasteiger partial charge < -0.3 is 15.0 Å². The number of hydrogen-bond donors (Lipinski definition) is 1. The van der Waals surface area contributed by atoms with Gasteiger partial charge >= 0.3 is 11.7 Å². The lowest BCUT2D eigenvalue weighted by atomic mass is 10.1. The van der Waals surface area contributed by atoms with Crippen molar-refractivity contribution >= 4 is 39.4 Å². The number of rotatable bonds is 7. The minimum absolute atomic E-state index is 0.149. The second kappa shape index (κ2) is 9.41. The van der Waals surface area contributed by atoms with Crippen LogP contribution in [0.15, 0.2) is 62.9 Å². The highest BCUT2D eigenvalue weighted by Crippen LogP contribution is 2.19. The topological polar surface area (TPSA) is 135 Å². The number of benzene rings is 2. The second-order valence-corrected chi connectivity index (χ2v) is 8.09. The number of anilines is 1. The zero-order valence-corrected chi connectivity index (χ0v) is 19.3. The van der Waals surface area contributed by atoms with E-state index < -0.39 is 35.2 Å². The number of nitrogens with zero attached hydrogens (tertiary/aromatic N) is 3. The normalized spacial score (nSPS) is 11.1. The summed E-state index contributed by atoms with van der Waals surface area (Å²) in [4.78, 5) is 63.2. The van der Waals surface area contributed by atoms with Crippen LogP contribution in [-0.4, -0.2) is 32.1 Å². The van der Waals surface area contributed by atoms with Crippen molar-refractivity contribution in [2.24, 2.45) is 7.05 Å². The summed E-state index contributed by atoms with van der Waals surface area (Å²) < 4.78 is 8.79. The number of ether oxygens (including phenoxy) is 1. The SMILES string of the molecule is CCCn1c(N)c(C(=O)COC(=O)Cn2c3ccccc3c(=O)c3ccccc32)c(=O)n(C)c1=O. The third kappa shape index (κ3) is 4.14. The molecule has 2 heterocycles. The molecule has 0 atom stereocenters. The molecule has 0 radical (unpaired) electrons. The maximum absolute atomic E-state index is 12.8. The Kier molecular flexibility index (Phi) is 6.37. The summed E-state index contributed by atoms with van der Waals surface area (Å²) in [7, 11) is 1.26. The fourth-order valence-electron chi connectivity index (χ4n) is 4.13. The van der Waals surface area contributed by atoms with Crippen molar-refractivity contribution in [3.05, 3.63) is 85.2 Å². The molecular weight excluding hydrogens is 452 g/mol. The summed E-state index contributed by atoms with van der Waals surface area (Å²) in [6, 6.07) is 13.8. The van der Waals surface area contributed by atoms with Crippen LogP contribution < -0.4 is 22.4 Å². The Labute approximate surface area is 198 Å². The second-order valence-electron chi connectivity index (χ2n) is 8.09. The molecule has 2 aromatic heterocycles. The van der Waals surface area contributed by atoms with Gasteiger partial charge in [0.15, 0.2) is 12.0 Å². The Balaban J connectivity index is 1.63. The number of nitrogens with two attached hydrogens (primary N) is 1. The van der Waals surface area contributed by atoms with Gasteiger partial charge in [0.1, 0.15) is 17.9 Å². The Morgan fingerprint density at radius 2 is 1.49 bits per heavy atom. The molecule has 0 bridgehead atoms. The summed E-state index contributed by atoms with van der Waals surface area (Å²) in [5.41, 5.74) is 5.04. The van der Waals surface area contributed by atoms with Crippen molar-refractivity contribution in [2.75, 3.05) is 12.3 Å². The average molecular weight is 476 g/mol. The number of carbonyl (C=O) groups excluding carboxylic acids is 2. The molecular formula is C25H24N4O6. The molecule has 4 aromatic rings. The van der Waals surface area contributed by atoms with Crippen molar-refractivity contribution < 1.29 is 14.3 Å². The standard InChI is InChI=1S/C25H24N4O6/c1-3-12-28-23(26)21(24(33)27(2)25(28)34)19(30)14-35-20(31)13-29-17-10-6-4-8-15(17)22(32)16-9-5-7-11-18(16)29/h4-11H,3,12-14,26H2,1-2H3. The predicted molar refractivity (Wildman–Crippen MR) is 132 cm³/mol. The number of hydrogen-bond acceptors (Lipinski definition) is 7. The first-order valence-corrected chi connectivity index (χ1v) is 11.0. The summed E-state index contributed by atoms with van der Waals surface area (Å²) >= 11 is 0. The van der Waals surface area contributed by atoms with Gasteiger partial charge in [0, 0.05) is 24.4 Å². The molecule has 10 nitrogen and oxygen atoms in total. The van der Waals surface area contributed by atoms with E-state index in [1.807, 2.05) is 6.92 Å². The largest absolute Gasteiger partial charge is 0.456 e. The molecule has 0 aliphatic carbocycles. The van der Waals surface area contributed by atoms with E-state index in [4.69, 9.17) is 10.5 Å². The van der Waals surface area contributed by atoms with E-state index in [-0.39, 0.29) is 24.3 Å². The van der Waals surface area contributed by atoms with Crippen LogP contribution in [0.3, 0.4) is 0 Å². The zero-order valence-electron chi connectivity index (χ0n) is 19.3. The van der Waals surface area contributed by atoms with Gasteiger partial charge in [-0.2, -0.15) is 0 Å². The van der Waals surface area contributed by atoms with E-state index in [0.717, 1.165) is 9.13 Å². The van der Waals surface area contributed by atoms with Crippen LogP contribution in [0.4, 0.5) is 5.82 Å². The molecule has 0 saturated carbocycles. The van der Waals surface area contributed by atoms with Crippen LogP contribution in [-0.2, 0) is 29.7 Å². The molecule has 0 unspecified atom stereocenters. The molecule has 0 fully saturated rings. The number of nitrogen functional groups attached to an aromatic ring is 1. The number of pyridine rings is 1. The molecule has 0 spiro atoms. The lowest BCUT2D eigenvalue weighted by Crippen LogP contribution is -2.43. The highest BCUT2D eigenvalue weighted by molar-refractivity contribution is 6.01. The van der Waals surface area contributed by atoms with Gasteiger partial charge in [0.2, 0.25) is 5.78 Å². The van der Waals surface area contributed by atoms with Crippen LogP contribution >= 0.6 is 0 Å². The van der Waals surface area contributed by atoms with E-state index in [9.17, 15) is 24.0 Å². The van der Waals surface area contributed by atoms with Gasteiger partial charge in [-0.15, -0.1) is 0 Å². The molecule has 2 N–H and O–H groups in total. The van der Waals surface area contributed by atoms with E-state index in [2.05, 4.69) is 0 Å². The van der Waals surface area contributed by atoms with Crippen molar-refractivity contribution in [1.82, 2.24) is 13.7 Å². The Bertz CT molecular complexity index is 1600.